The van der Waals surface area contributed by atoms with E-state index in [9.17, 15) is 4.79 Å². The second kappa shape index (κ2) is 7.39. The number of ether oxygens (including phenoxy) is 2. The molecular weight excluding hydrogens is 394 g/mol. The second-order valence-corrected chi connectivity index (χ2v) is 7.51. The Morgan fingerprint density at radius 1 is 1.10 bits per heavy atom. The Kier molecular flexibility index (Phi) is 4.54. The molecule has 5 rings (SSSR count). The van der Waals surface area contributed by atoms with Crippen LogP contribution in [0.3, 0.4) is 0 Å². The van der Waals surface area contributed by atoms with Gasteiger partial charge in [0.2, 0.25) is 6.79 Å². The van der Waals surface area contributed by atoms with E-state index in [2.05, 4.69) is 15.2 Å². The first kappa shape index (κ1) is 19.0. The van der Waals surface area contributed by atoms with Crippen molar-refractivity contribution in [3.8, 4) is 17.2 Å². The van der Waals surface area contributed by atoms with Gasteiger partial charge in [-0.15, -0.1) is 0 Å². The zero-order valence-electron chi connectivity index (χ0n) is 17.4. The highest BCUT2D eigenvalue weighted by atomic mass is 16.7. The Balaban J connectivity index is 1.52. The molecule has 0 amide bonds. The highest BCUT2D eigenvalue weighted by Gasteiger charge is 2.18. The van der Waals surface area contributed by atoms with E-state index in [1.807, 2.05) is 69.4 Å². The smallest absolute Gasteiger partial charge is 0.276 e. The average Bonchev–Trinajstić information content (AvgIpc) is 3.34. The molecule has 1 aliphatic rings. The number of aromatic nitrogens is 3. The lowest BCUT2D eigenvalue weighted by Gasteiger charge is -2.06. The topological polar surface area (TPSA) is 83.0 Å². The van der Waals surface area contributed by atoms with Gasteiger partial charge in [0.15, 0.2) is 11.5 Å². The lowest BCUT2D eigenvalue weighted by molar-refractivity contribution is 0.174. The number of hydrogen-bond donors (Lipinski definition) is 0. The Hall–Kier alpha value is -3.94. The number of fused-ring (bicyclic) bond motifs is 2. The first-order chi connectivity index (χ1) is 15.0. The fourth-order valence-electron chi connectivity index (χ4n) is 3.76. The van der Waals surface area contributed by atoms with Crippen LogP contribution in [-0.2, 0) is 7.05 Å². The third-order valence-electron chi connectivity index (χ3n) is 5.28. The number of aryl methyl sites for hydroxylation is 2. The molecule has 1 atom stereocenters. The van der Waals surface area contributed by atoms with Crippen LogP contribution in [0.5, 0.6) is 11.5 Å². The van der Waals surface area contributed by atoms with Crippen LogP contribution in [0, 0.1) is 6.92 Å². The monoisotopic (exact) mass is 415 g/mol. The number of nitrogens with zero attached hydrogens (tertiary/aromatic N) is 5. The largest absolute Gasteiger partial charge is 0.454 e. The normalized spacial score (nSPS) is 13.9. The van der Waals surface area contributed by atoms with Crippen molar-refractivity contribution in [2.24, 2.45) is 17.3 Å². The van der Waals surface area contributed by atoms with Gasteiger partial charge in [0.25, 0.3) is 5.56 Å². The summed E-state index contributed by atoms with van der Waals surface area (Å²) in [6.07, 6.45) is 1.80. The van der Waals surface area contributed by atoms with Crippen LogP contribution in [0.2, 0.25) is 0 Å². The summed E-state index contributed by atoms with van der Waals surface area (Å²) in [4.78, 5) is 17.6. The van der Waals surface area contributed by atoms with E-state index in [0.29, 0.717) is 22.7 Å². The molecule has 0 bridgehead atoms. The van der Waals surface area contributed by atoms with Gasteiger partial charge < -0.3 is 9.47 Å². The third kappa shape index (κ3) is 3.35. The van der Waals surface area contributed by atoms with E-state index in [0.717, 1.165) is 22.3 Å². The Morgan fingerprint density at radius 3 is 2.61 bits per heavy atom. The van der Waals surface area contributed by atoms with Crippen LogP contribution < -0.4 is 15.0 Å². The van der Waals surface area contributed by atoms with E-state index in [1.165, 1.54) is 0 Å². The molecule has 8 heteroatoms. The molecular formula is C23H21N5O3. The van der Waals surface area contributed by atoms with Crippen molar-refractivity contribution < 1.29 is 9.47 Å². The summed E-state index contributed by atoms with van der Waals surface area (Å²) in [5, 5.41) is 9.76. The van der Waals surface area contributed by atoms with E-state index in [4.69, 9.17) is 9.47 Å². The van der Waals surface area contributed by atoms with Crippen LogP contribution in [0.25, 0.3) is 16.6 Å². The van der Waals surface area contributed by atoms with Crippen molar-refractivity contribution in [1.82, 2.24) is 14.3 Å². The van der Waals surface area contributed by atoms with Gasteiger partial charge >= 0.3 is 0 Å². The highest BCUT2D eigenvalue weighted by molar-refractivity contribution is 5.92. The Bertz CT molecular complexity index is 1370. The summed E-state index contributed by atoms with van der Waals surface area (Å²) in [5.74, 6) is 1.34. The van der Waals surface area contributed by atoms with Gasteiger partial charge in [0.05, 0.1) is 22.5 Å². The van der Waals surface area contributed by atoms with Crippen LogP contribution in [0.1, 0.15) is 24.2 Å². The van der Waals surface area contributed by atoms with Gasteiger partial charge in [-0.25, -0.2) is 4.68 Å². The number of benzene rings is 2. The molecule has 4 aromatic rings. The van der Waals surface area contributed by atoms with Gasteiger partial charge in [-0.2, -0.15) is 10.2 Å². The lowest BCUT2D eigenvalue weighted by Crippen LogP contribution is -2.21. The predicted octanol–water partition coefficient (Wildman–Crippen LogP) is 4.61. The fraction of sp³-hybridized carbons (Fsp3) is 0.217. The van der Waals surface area contributed by atoms with Crippen LogP contribution in [-0.4, -0.2) is 21.1 Å². The van der Waals surface area contributed by atoms with Crippen molar-refractivity contribution >= 4 is 16.6 Å². The predicted molar refractivity (Wildman–Crippen MR) is 117 cm³/mol. The van der Waals surface area contributed by atoms with Gasteiger partial charge in [-0.05, 0) is 38.1 Å². The molecule has 31 heavy (non-hydrogen) atoms. The molecule has 0 N–H and O–H groups in total. The molecule has 0 radical (unpaired) electrons. The molecule has 2 aromatic heterocycles. The Morgan fingerprint density at radius 2 is 1.84 bits per heavy atom. The minimum absolute atomic E-state index is 0.112. The van der Waals surface area contributed by atoms with Crippen molar-refractivity contribution in [3.05, 3.63) is 76.3 Å². The Labute approximate surface area is 178 Å². The summed E-state index contributed by atoms with van der Waals surface area (Å²) in [6, 6.07) is 14.7. The van der Waals surface area contributed by atoms with E-state index < -0.39 is 6.04 Å². The van der Waals surface area contributed by atoms with Gasteiger partial charge in [-0.1, -0.05) is 18.2 Å². The molecule has 8 nitrogen and oxygen atoms in total. The van der Waals surface area contributed by atoms with Crippen LogP contribution in [0.4, 0.5) is 5.69 Å². The first-order valence-corrected chi connectivity index (χ1v) is 9.97. The third-order valence-corrected chi connectivity index (χ3v) is 5.28. The molecule has 2 aromatic carbocycles. The maximum absolute atomic E-state index is 13.0. The summed E-state index contributed by atoms with van der Waals surface area (Å²) in [7, 11) is 1.84. The summed E-state index contributed by atoms with van der Waals surface area (Å²) in [6.45, 7) is 3.96. The molecule has 0 spiro atoms. The summed E-state index contributed by atoms with van der Waals surface area (Å²) in [5.41, 5.74) is 3.52. The number of azo groups is 1. The molecule has 0 saturated heterocycles. The van der Waals surface area contributed by atoms with Crippen molar-refractivity contribution in [2.45, 2.75) is 19.9 Å². The maximum atomic E-state index is 13.0. The van der Waals surface area contributed by atoms with Crippen molar-refractivity contribution in [2.75, 3.05) is 6.79 Å². The second-order valence-electron chi connectivity index (χ2n) is 7.51. The number of pyridine rings is 1. The standard InChI is InChI=1S/C23H21N5O3/c1-14-9-20(17-10-21-22(31-13-30-21)11-19(17)24-14)26-25-15(2)18-12-27(3)28(23(18)29)16-7-5-4-6-8-16/h4-12,15H,13H2,1-3H3. The van der Waals surface area contributed by atoms with Crippen molar-refractivity contribution in [3.63, 3.8) is 0 Å². The maximum Gasteiger partial charge on any atom is 0.276 e. The van der Waals surface area contributed by atoms with Crippen molar-refractivity contribution in [1.29, 1.82) is 0 Å². The molecule has 0 saturated carbocycles. The first-order valence-electron chi connectivity index (χ1n) is 9.97. The molecule has 0 fully saturated rings. The molecule has 1 unspecified atom stereocenters. The van der Waals surface area contributed by atoms with Gasteiger partial charge in [-0.3, -0.25) is 14.5 Å². The van der Waals surface area contributed by atoms with E-state index in [-0.39, 0.29) is 12.4 Å². The SMILES string of the molecule is Cc1cc(N=NC(C)c2cn(C)n(-c3ccccc3)c2=O)c2cc3c(cc2n1)OCO3. The minimum atomic E-state index is -0.416. The molecule has 1 aliphatic heterocycles. The van der Waals surface area contributed by atoms with E-state index >= 15 is 0 Å². The lowest BCUT2D eigenvalue weighted by atomic mass is 10.1. The molecule has 3 heterocycles. The summed E-state index contributed by atoms with van der Waals surface area (Å²) < 4.78 is 14.3. The van der Waals surface area contributed by atoms with Crippen LogP contribution in [0.15, 0.2) is 69.8 Å². The summed E-state index contributed by atoms with van der Waals surface area (Å²) >= 11 is 0. The van der Waals surface area contributed by atoms with Gasteiger partial charge in [0, 0.05) is 30.4 Å². The average molecular weight is 415 g/mol. The number of hydrogen-bond acceptors (Lipinski definition) is 6. The number of rotatable bonds is 4. The minimum Gasteiger partial charge on any atom is -0.454 e. The van der Waals surface area contributed by atoms with E-state index in [1.54, 1.807) is 15.6 Å². The fourth-order valence-corrected chi connectivity index (χ4v) is 3.76. The highest BCUT2D eigenvalue weighted by Crippen LogP contribution is 2.39. The zero-order chi connectivity index (χ0) is 21.5. The van der Waals surface area contributed by atoms with Gasteiger partial charge in [0.1, 0.15) is 6.04 Å². The molecule has 0 aliphatic carbocycles. The zero-order valence-corrected chi connectivity index (χ0v) is 17.4. The molecule has 156 valence electrons. The van der Waals surface area contributed by atoms with Crippen LogP contribution >= 0.6 is 0 Å². The number of para-hydroxylation sites is 1. The quantitative estimate of drug-likeness (QED) is 0.456.